The quantitative estimate of drug-likeness (QED) is 0.180. The molecule has 0 bridgehead atoms. The van der Waals surface area contributed by atoms with Gasteiger partial charge >= 0.3 is 5.97 Å². The minimum absolute atomic E-state index is 0.0373. The Bertz CT molecular complexity index is 1760. The Balaban J connectivity index is 1.59. The molecule has 1 N–H and O–H groups in total. The van der Waals surface area contributed by atoms with Crippen molar-refractivity contribution in [2.24, 2.45) is 10.8 Å². The first kappa shape index (κ1) is 32.3. The van der Waals surface area contributed by atoms with Crippen molar-refractivity contribution in [3.05, 3.63) is 94.1 Å². The standard InChI is InChI=1S/C37H41ClN2O5/c1-23(41)40-27(17-25-9-7-8-10-30(25)40)22-45-28-15-16-31-29(18-28)34(33(42)20-36(2,3)4)32(19-37(5,6)35(43)44)39(31)21-24-11-13-26(38)14-12-24/h7-16,18,27H,17,19-22H2,1-6H3,(H,43,44)/t27-/m0/s1. The Hall–Kier alpha value is -4.10. The number of Topliss-reactive ketones (excluding diaryl/α,β-unsaturated/α-hetero) is 1. The zero-order valence-corrected chi connectivity index (χ0v) is 27.6. The first-order valence-corrected chi connectivity index (χ1v) is 15.7. The zero-order chi connectivity index (χ0) is 32.7. The molecule has 2 heterocycles. The number of aliphatic carboxylic acids is 1. The number of para-hydroxylation sites is 1. The molecule has 236 valence electrons. The Labute approximate surface area is 269 Å². The van der Waals surface area contributed by atoms with Gasteiger partial charge in [-0.05, 0) is 73.2 Å². The molecule has 1 aliphatic rings. The fourth-order valence-corrected chi connectivity index (χ4v) is 6.33. The van der Waals surface area contributed by atoms with Crippen LogP contribution in [-0.4, -0.2) is 40.0 Å². The largest absolute Gasteiger partial charge is 0.491 e. The predicted octanol–water partition coefficient (Wildman–Crippen LogP) is 7.97. The van der Waals surface area contributed by atoms with Crippen LogP contribution in [0.2, 0.25) is 5.02 Å². The number of hydrogen-bond acceptors (Lipinski definition) is 4. The van der Waals surface area contributed by atoms with Crippen LogP contribution in [0.4, 0.5) is 5.69 Å². The number of benzene rings is 3. The molecule has 4 aromatic rings. The van der Waals surface area contributed by atoms with Crippen molar-refractivity contribution in [1.29, 1.82) is 0 Å². The summed E-state index contributed by atoms with van der Waals surface area (Å²) in [6.45, 7) is 11.7. The van der Waals surface area contributed by atoms with Crippen molar-refractivity contribution >= 4 is 45.9 Å². The van der Waals surface area contributed by atoms with Crippen LogP contribution in [-0.2, 0) is 29.0 Å². The van der Waals surface area contributed by atoms with E-state index >= 15 is 0 Å². The smallest absolute Gasteiger partial charge is 0.309 e. The fraction of sp³-hybridized carbons (Fsp3) is 0.378. The number of carbonyl (C=O) groups is 3. The summed E-state index contributed by atoms with van der Waals surface area (Å²) >= 11 is 6.16. The molecule has 1 aliphatic heterocycles. The minimum Gasteiger partial charge on any atom is -0.491 e. The summed E-state index contributed by atoms with van der Waals surface area (Å²) < 4.78 is 8.41. The molecule has 0 aliphatic carbocycles. The van der Waals surface area contributed by atoms with Crippen molar-refractivity contribution in [3.8, 4) is 5.75 Å². The highest BCUT2D eigenvalue weighted by Crippen LogP contribution is 2.38. The van der Waals surface area contributed by atoms with Gasteiger partial charge in [-0.2, -0.15) is 0 Å². The highest BCUT2D eigenvalue weighted by atomic mass is 35.5. The topological polar surface area (TPSA) is 88.8 Å². The zero-order valence-electron chi connectivity index (χ0n) is 26.8. The number of anilines is 1. The second-order valence-electron chi connectivity index (χ2n) is 13.9. The fourth-order valence-electron chi connectivity index (χ4n) is 6.20. The third-order valence-corrected chi connectivity index (χ3v) is 8.66. The van der Waals surface area contributed by atoms with Crippen molar-refractivity contribution < 1.29 is 24.2 Å². The number of aromatic nitrogens is 1. The van der Waals surface area contributed by atoms with E-state index in [4.69, 9.17) is 16.3 Å². The molecule has 0 radical (unpaired) electrons. The second-order valence-corrected chi connectivity index (χ2v) is 14.4. The van der Waals surface area contributed by atoms with Gasteiger partial charge in [0.25, 0.3) is 0 Å². The average molecular weight is 629 g/mol. The molecule has 45 heavy (non-hydrogen) atoms. The maximum Gasteiger partial charge on any atom is 0.309 e. The summed E-state index contributed by atoms with van der Waals surface area (Å²) in [6, 6.07) is 21.0. The lowest BCUT2D eigenvalue weighted by Crippen LogP contribution is -2.40. The lowest BCUT2D eigenvalue weighted by Gasteiger charge is -2.24. The molecular weight excluding hydrogens is 588 g/mol. The van der Waals surface area contributed by atoms with Gasteiger partial charge in [0.15, 0.2) is 5.78 Å². The third kappa shape index (κ3) is 6.94. The van der Waals surface area contributed by atoms with Crippen LogP contribution < -0.4 is 9.64 Å². The van der Waals surface area contributed by atoms with Crippen LogP contribution in [0.15, 0.2) is 66.7 Å². The van der Waals surface area contributed by atoms with Crippen LogP contribution in [0.3, 0.4) is 0 Å². The summed E-state index contributed by atoms with van der Waals surface area (Å²) in [4.78, 5) is 40.8. The average Bonchev–Trinajstić information content (AvgIpc) is 3.47. The molecule has 0 spiro atoms. The monoisotopic (exact) mass is 628 g/mol. The van der Waals surface area contributed by atoms with Crippen molar-refractivity contribution in [1.82, 2.24) is 4.57 Å². The Kier molecular flexibility index (Phi) is 8.87. The molecule has 0 fully saturated rings. The molecule has 8 heteroatoms. The third-order valence-electron chi connectivity index (χ3n) is 8.41. The highest BCUT2D eigenvalue weighted by molar-refractivity contribution is 6.30. The van der Waals surface area contributed by atoms with Crippen molar-refractivity contribution in [3.63, 3.8) is 0 Å². The Morgan fingerprint density at radius 3 is 2.31 bits per heavy atom. The first-order valence-electron chi connectivity index (χ1n) is 15.3. The van der Waals surface area contributed by atoms with E-state index in [1.165, 1.54) is 0 Å². The van der Waals surface area contributed by atoms with Crippen molar-refractivity contribution in [2.75, 3.05) is 11.5 Å². The van der Waals surface area contributed by atoms with Crippen LogP contribution in [0, 0.1) is 10.8 Å². The van der Waals surface area contributed by atoms with E-state index in [1.807, 2.05) is 87.5 Å². The van der Waals surface area contributed by atoms with E-state index < -0.39 is 11.4 Å². The second kappa shape index (κ2) is 12.4. The number of ketones is 1. The molecule has 1 amide bonds. The van der Waals surface area contributed by atoms with Crippen LogP contribution >= 0.6 is 11.6 Å². The van der Waals surface area contributed by atoms with Crippen molar-refractivity contribution in [2.45, 2.75) is 73.4 Å². The van der Waals surface area contributed by atoms with Crippen LogP contribution in [0.1, 0.15) is 75.1 Å². The maximum atomic E-state index is 14.1. The van der Waals surface area contributed by atoms with Gasteiger partial charge in [0, 0.05) is 59.2 Å². The molecule has 5 rings (SSSR count). The van der Waals surface area contributed by atoms with E-state index in [2.05, 4.69) is 4.57 Å². The van der Waals surface area contributed by atoms with E-state index in [9.17, 15) is 19.5 Å². The number of carboxylic acids is 1. The Morgan fingerprint density at radius 2 is 1.67 bits per heavy atom. The number of nitrogens with zero attached hydrogens (tertiary/aromatic N) is 2. The maximum absolute atomic E-state index is 14.1. The van der Waals surface area contributed by atoms with Gasteiger partial charge in [0.05, 0.1) is 11.5 Å². The van der Waals surface area contributed by atoms with E-state index in [1.54, 1.807) is 25.7 Å². The number of amides is 1. The number of fused-ring (bicyclic) bond motifs is 2. The van der Waals surface area contributed by atoms with E-state index in [0.29, 0.717) is 41.4 Å². The summed E-state index contributed by atoms with van der Waals surface area (Å²) in [5.41, 5.74) is 3.65. The van der Waals surface area contributed by atoms with Gasteiger partial charge in [-0.1, -0.05) is 62.7 Å². The molecular formula is C37H41ClN2O5. The minimum atomic E-state index is -1.12. The lowest BCUT2D eigenvalue weighted by atomic mass is 9.83. The summed E-state index contributed by atoms with van der Waals surface area (Å²) in [5, 5.41) is 11.4. The SMILES string of the molecule is CC(=O)N1c2ccccc2C[C@H]1COc1ccc2c(c1)c(C(=O)CC(C)(C)C)c(CC(C)(C)C(=O)O)n2Cc1ccc(Cl)cc1. The lowest BCUT2D eigenvalue weighted by molar-refractivity contribution is -0.146. The summed E-state index contributed by atoms with van der Waals surface area (Å²) in [5.74, 6) is -0.426. The van der Waals surface area contributed by atoms with Gasteiger partial charge in [-0.3, -0.25) is 14.4 Å². The van der Waals surface area contributed by atoms with Crippen LogP contribution in [0.5, 0.6) is 5.75 Å². The van der Waals surface area contributed by atoms with Gasteiger partial charge in [0.2, 0.25) is 5.91 Å². The number of halogens is 1. The van der Waals surface area contributed by atoms with E-state index in [0.717, 1.165) is 27.7 Å². The number of hydrogen-bond donors (Lipinski definition) is 1. The number of carboxylic acid groups (broad SMARTS) is 1. The molecule has 3 aromatic carbocycles. The van der Waals surface area contributed by atoms with Gasteiger partial charge < -0.3 is 19.3 Å². The molecule has 0 saturated heterocycles. The summed E-state index contributed by atoms with van der Waals surface area (Å²) in [6.07, 6.45) is 1.16. The number of ether oxygens (including phenoxy) is 1. The van der Waals surface area contributed by atoms with Gasteiger partial charge in [-0.15, -0.1) is 0 Å². The van der Waals surface area contributed by atoms with Gasteiger partial charge in [-0.25, -0.2) is 0 Å². The van der Waals surface area contributed by atoms with E-state index in [-0.39, 0.29) is 36.2 Å². The highest BCUT2D eigenvalue weighted by Gasteiger charge is 2.35. The van der Waals surface area contributed by atoms with Crippen LogP contribution in [0.25, 0.3) is 10.9 Å². The molecule has 0 unspecified atom stereocenters. The number of carbonyl (C=O) groups excluding carboxylic acids is 2. The summed E-state index contributed by atoms with van der Waals surface area (Å²) in [7, 11) is 0. The molecule has 7 nitrogen and oxygen atoms in total. The van der Waals surface area contributed by atoms with Gasteiger partial charge in [0.1, 0.15) is 12.4 Å². The Morgan fingerprint density at radius 1 is 0.978 bits per heavy atom. The molecule has 0 saturated carbocycles. The normalized spacial score (nSPS) is 14.9. The molecule has 1 atom stereocenters. The number of rotatable bonds is 10. The predicted molar refractivity (Wildman–Crippen MR) is 179 cm³/mol. The molecule has 1 aromatic heterocycles. The first-order chi connectivity index (χ1) is 21.1.